The number of fused-ring (bicyclic) bond motifs is 1. The molecule has 0 aliphatic carbocycles. The van der Waals surface area contributed by atoms with E-state index in [0.29, 0.717) is 10.8 Å². The molecule has 1 N–H and O–H groups in total. The summed E-state index contributed by atoms with van der Waals surface area (Å²) in [6, 6.07) is 11.9. The van der Waals surface area contributed by atoms with Crippen LogP contribution < -0.4 is 59.1 Å². The molecule has 12 heteroatoms. The van der Waals surface area contributed by atoms with E-state index in [1.54, 1.807) is 0 Å². The van der Waals surface area contributed by atoms with E-state index in [9.17, 15) is 26.8 Å². The molecule has 0 saturated heterocycles. The van der Waals surface area contributed by atoms with Gasteiger partial charge in [0, 0.05) is 10.3 Å². The molecule has 3 aromatic rings. The van der Waals surface area contributed by atoms with Gasteiger partial charge in [-0.3, -0.25) is 4.21 Å². The molecule has 0 heterocycles. The van der Waals surface area contributed by atoms with Crippen molar-refractivity contribution in [3.63, 3.8) is 0 Å². The van der Waals surface area contributed by atoms with E-state index < -0.39 is 24.8 Å². The molecule has 3 rings (SSSR count). The minimum absolute atomic E-state index is 0. The summed E-state index contributed by atoms with van der Waals surface area (Å²) in [4.78, 5) is -0.366. The van der Waals surface area contributed by atoms with Crippen LogP contribution in [0.15, 0.2) is 74.6 Å². The monoisotopic (exact) mass is 450 g/mol. The maximum absolute atomic E-state index is 11.6. The molecular formula is C17H12N2Na2O6S2. The zero-order chi connectivity index (χ0) is 19.8. The minimum atomic E-state index is -4.55. The van der Waals surface area contributed by atoms with E-state index in [1.807, 2.05) is 0 Å². The first-order chi connectivity index (χ1) is 12.6. The molecule has 0 bridgehead atoms. The van der Waals surface area contributed by atoms with Crippen molar-refractivity contribution in [2.45, 2.75) is 9.79 Å². The number of hydrogen-bond donors (Lipinski definition) is 1. The molecule has 0 aliphatic heterocycles. The molecule has 0 amide bonds. The Labute approximate surface area is 212 Å². The van der Waals surface area contributed by atoms with Crippen molar-refractivity contribution in [1.82, 2.24) is 0 Å². The Morgan fingerprint density at radius 3 is 1.97 bits per heavy atom. The first-order valence-electron chi connectivity index (χ1n) is 7.37. The first kappa shape index (κ1) is 26.2. The van der Waals surface area contributed by atoms with Gasteiger partial charge in [-0.25, -0.2) is 8.42 Å². The van der Waals surface area contributed by atoms with Crippen LogP contribution in [0.2, 0.25) is 0 Å². The van der Waals surface area contributed by atoms with Crippen LogP contribution in [0.25, 0.3) is 10.8 Å². The smallest absolute Gasteiger partial charge is 0.774 e. The van der Waals surface area contributed by atoms with Gasteiger partial charge in [-0.05, 0) is 47.9 Å². The average molecular weight is 450 g/mol. The van der Waals surface area contributed by atoms with E-state index in [2.05, 4.69) is 16.1 Å². The summed E-state index contributed by atoms with van der Waals surface area (Å²) < 4.78 is 55.9. The molecule has 0 radical (unpaired) electrons. The molecule has 8 nitrogen and oxygen atoms in total. The molecule has 0 aromatic heterocycles. The Kier molecular flexibility index (Phi) is 9.06. The van der Waals surface area contributed by atoms with Gasteiger partial charge in [0.25, 0.3) is 0 Å². The van der Waals surface area contributed by atoms with Crippen molar-refractivity contribution in [2.75, 3.05) is 0 Å². The predicted molar refractivity (Wildman–Crippen MR) is 98.5 cm³/mol. The van der Waals surface area contributed by atoms with E-state index in [1.165, 1.54) is 42.5 Å². The van der Waals surface area contributed by atoms with Crippen molar-refractivity contribution < 1.29 is 86.0 Å². The Bertz CT molecular complexity index is 1280. The van der Waals surface area contributed by atoms with Crippen LogP contribution in [0.5, 0.6) is 5.75 Å². The average Bonchev–Trinajstić information content (AvgIpc) is 2.59. The molecule has 1 atom stereocenters. The molecule has 0 fully saturated rings. The second-order valence-corrected chi connectivity index (χ2v) is 8.66. The van der Waals surface area contributed by atoms with Gasteiger partial charge in [-0.2, -0.15) is 5.11 Å². The number of phenolic OH excluding ortho intramolecular Hbond substituents is 1. The Morgan fingerprint density at radius 1 is 0.828 bits per heavy atom. The van der Waals surface area contributed by atoms with Crippen molar-refractivity contribution in [2.24, 2.45) is 10.2 Å². The second kappa shape index (κ2) is 10.0. The fraction of sp³-hybridized carbons (Fsp3) is 0. The maximum atomic E-state index is 11.6. The van der Waals surface area contributed by atoms with E-state index >= 15 is 0 Å². The van der Waals surface area contributed by atoms with Crippen LogP contribution in [0.1, 0.15) is 0 Å². The van der Waals surface area contributed by atoms with Crippen LogP contribution in [0.3, 0.4) is 0 Å². The standard InChI is InChI=1S/C17H14N2O6S2.2Na/c1-26(21,22)14-7-8-15-11(10-14)2-9-16(20)17(15)19-18-12-3-5-13(6-4-12)27(23,24)25;;/h2-10,20H,1H2,(H,21,22)(H,23,24,25);;/q;2*+1/p-2. The number of aromatic hydroxyl groups is 1. The van der Waals surface area contributed by atoms with Crippen LogP contribution in [-0.4, -0.2) is 32.7 Å². The number of azo groups is 1. The molecule has 1 unspecified atom stereocenters. The third kappa shape index (κ3) is 6.34. The number of phenols is 1. The Balaban J connectivity index is 0.00000210. The van der Waals surface area contributed by atoms with Gasteiger partial charge in [-0.1, -0.05) is 27.8 Å². The van der Waals surface area contributed by atoms with Crippen molar-refractivity contribution in [1.29, 1.82) is 0 Å². The molecular weight excluding hydrogens is 438 g/mol. The van der Waals surface area contributed by atoms with Gasteiger partial charge >= 0.3 is 59.1 Å². The summed E-state index contributed by atoms with van der Waals surface area (Å²) in [5.74, 6) is 2.93. The van der Waals surface area contributed by atoms with Gasteiger partial charge in [-0.15, -0.1) is 5.11 Å². The number of nitrogens with zero attached hydrogens (tertiary/aromatic N) is 2. The third-order valence-electron chi connectivity index (χ3n) is 3.69. The summed E-state index contributed by atoms with van der Waals surface area (Å²) in [6.07, 6.45) is 0. The van der Waals surface area contributed by atoms with Crippen LogP contribution in [0, 0.1) is 0 Å². The zero-order valence-electron chi connectivity index (χ0n) is 15.6. The number of hydrogen-bond acceptors (Lipinski definition) is 8. The fourth-order valence-electron chi connectivity index (χ4n) is 2.37. The molecule has 140 valence electrons. The predicted octanol–water partition coefficient (Wildman–Crippen LogP) is -2.92. The van der Waals surface area contributed by atoms with Crippen LogP contribution in [0.4, 0.5) is 11.4 Å². The van der Waals surface area contributed by atoms with Gasteiger partial charge in [0.2, 0.25) is 0 Å². The quantitative estimate of drug-likeness (QED) is 0.195. The SMILES string of the molecule is C=S(=O)([O-])c1ccc2c(N=Nc3ccc(S(=O)(=O)[O-])cc3)c(O)ccc2c1.[Na+].[Na+]. The third-order valence-corrected chi connectivity index (χ3v) is 5.51. The zero-order valence-corrected chi connectivity index (χ0v) is 21.2. The van der Waals surface area contributed by atoms with Crippen LogP contribution >= 0.6 is 0 Å². The summed E-state index contributed by atoms with van der Waals surface area (Å²) >= 11 is 0. The van der Waals surface area contributed by atoms with Crippen molar-refractivity contribution >= 4 is 47.9 Å². The van der Waals surface area contributed by atoms with E-state index in [0.717, 1.165) is 12.1 Å². The van der Waals surface area contributed by atoms with E-state index in [-0.39, 0.29) is 81.1 Å². The van der Waals surface area contributed by atoms with Crippen LogP contribution in [-0.2, 0) is 19.9 Å². The normalized spacial score (nSPS) is 13.4. The maximum Gasteiger partial charge on any atom is 1.00 e. The molecule has 0 spiro atoms. The summed E-state index contributed by atoms with van der Waals surface area (Å²) in [5.41, 5.74) is 0.372. The van der Waals surface area contributed by atoms with Gasteiger partial charge in [0.1, 0.15) is 21.6 Å². The fourth-order valence-corrected chi connectivity index (χ4v) is 3.42. The number of benzene rings is 3. The Hall–Kier alpha value is -0.790. The molecule has 3 aromatic carbocycles. The molecule has 0 saturated carbocycles. The van der Waals surface area contributed by atoms with Gasteiger partial charge in [0.05, 0.1) is 10.6 Å². The van der Waals surface area contributed by atoms with Crippen molar-refractivity contribution in [3.05, 3.63) is 54.6 Å². The van der Waals surface area contributed by atoms with Gasteiger partial charge in [0.15, 0.2) is 0 Å². The largest absolute Gasteiger partial charge is 1.00 e. The summed E-state index contributed by atoms with van der Waals surface area (Å²) in [5, 5.41) is 18.9. The minimum Gasteiger partial charge on any atom is -0.774 e. The molecule has 0 aliphatic rings. The summed E-state index contributed by atoms with van der Waals surface area (Å²) in [6.45, 7) is 0. The molecule has 29 heavy (non-hydrogen) atoms. The second-order valence-electron chi connectivity index (χ2n) is 5.58. The Morgan fingerprint density at radius 2 is 1.41 bits per heavy atom. The van der Waals surface area contributed by atoms with Gasteiger partial charge < -0.3 is 14.2 Å². The van der Waals surface area contributed by atoms with Crippen molar-refractivity contribution in [3.8, 4) is 5.75 Å². The topological polar surface area (TPSA) is 142 Å². The number of rotatable bonds is 4. The van der Waals surface area contributed by atoms with E-state index in [4.69, 9.17) is 0 Å². The first-order valence-corrected chi connectivity index (χ1v) is 10.4. The summed E-state index contributed by atoms with van der Waals surface area (Å²) in [7, 11) is -8.18.